The maximum atomic E-state index is 12.5. The van der Waals surface area contributed by atoms with Gasteiger partial charge in [0.1, 0.15) is 0 Å². The van der Waals surface area contributed by atoms with E-state index in [0.29, 0.717) is 31.1 Å². The molecular formula is C20H30ClN3O3S. The van der Waals surface area contributed by atoms with Crippen LogP contribution in [0.15, 0.2) is 24.3 Å². The normalized spacial score (nSPS) is 20.1. The molecule has 2 aliphatic rings. The number of halogens is 1. The van der Waals surface area contributed by atoms with Crippen molar-refractivity contribution in [2.24, 2.45) is 0 Å². The summed E-state index contributed by atoms with van der Waals surface area (Å²) in [5, 5.41) is 4.04. The van der Waals surface area contributed by atoms with Gasteiger partial charge in [0.2, 0.25) is 15.9 Å². The minimum absolute atomic E-state index is 0.0471. The zero-order valence-electron chi connectivity index (χ0n) is 16.6. The molecule has 0 radical (unpaired) electrons. The van der Waals surface area contributed by atoms with Crippen LogP contribution < -0.4 is 5.32 Å². The van der Waals surface area contributed by atoms with Gasteiger partial charge in [-0.2, -0.15) is 0 Å². The third-order valence-corrected chi connectivity index (χ3v) is 8.13. The van der Waals surface area contributed by atoms with Gasteiger partial charge >= 0.3 is 0 Å². The van der Waals surface area contributed by atoms with Crippen LogP contribution in [-0.4, -0.2) is 61.0 Å². The van der Waals surface area contributed by atoms with Gasteiger partial charge in [-0.1, -0.05) is 23.7 Å². The van der Waals surface area contributed by atoms with Crippen LogP contribution in [0.1, 0.15) is 44.6 Å². The summed E-state index contributed by atoms with van der Waals surface area (Å²) in [6.07, 6.45) is 3.62. The van der Waals surface area contributed by atoms with E-state index in [-0.39, 0.29) is 23.2 Å². The predicted octanol–water partition coefficient (Wildman–Crippen LogP) is 2.62. The number of hydrogen-bond acceptors (Lipinski definition) is 4. The number of carbonyl (C=O) groups is 1. The lowest BCUT2D eigenvalue weighted by Crippen LogP contribution is -2.48. The maximum Gasteiger partial charge on any atom is 0.224 e. The molecule has 1 saturated carbocycles. The van der Waals surface area contributed by atoms with Crippen molar-refractivity contribution >= 4 is 27.5 Å². The van der Waals surface area contributed by atoms with Crippen LogP contribution >= 0.6 is 11.6 Å². The molecule has 8 heteroatoms. The number of nitrogens with one attached hydrogen (secondary N) is 1. The number of hydrogen-bond donors (Lipinski definition) is 1. The molecule has 28 heavy (non-hydrogen) atoms. The van der Waals surface area contributed by atoms with Gasteiger partial charge in [-0.25, -0.2) is 12.7 Å². The van der Waals surface area contributed by atoms with Gasteiger partial charge < -0.3 is 10.2 Å². The summed E-state index contributed by atoms with van der Waals surface area (Å²) >= 11 is 6.01. The lowest BCUT2D eigenvalue weighted by molar-refractivity contribution is -0.130. The van der Waals surface area contributed by atoms with Crippen molar-refractivity contribution in [3.05, 3.63) is 34.9 Å². The Morgan fingerprint density at radius 3 is 2.57 bits per heavy atom. The molecule has 0 bridgehead atoms. The minimum Gasteiger partial charge on any atom is -0.341 e. The fraction of sp³-hybridized carbons (Fsp3) is 0.650. The fourth-order valence-corrected chi connectivity index (χ4v) is 5.82. The average molecular weight is 428 g/mol. The third-order valence-electron chi connectivity index (χ3n) is 5.49. The SMILES string of the molecule is CC(CC(=O)N(C)Cc1cccc(Cl)c1)NC1CCN(S(=O)(=O)C2CC2)CC1. The second kappa shape index (κ2) is 9.11. The van der Waals surface area contributed by atoms with E-state index in [1.54, 1.807) is 16.3 Å². The van der Waals surface area contributed by atoms with Crippen LogP contribution in [0.4, 0.5) is 0 Å². The molecule has 1 aromatic rings. The van der Waals surface area contributed by atoms with E-state index in [4.69, 9.17) is 11.6 Å². The van der Waals surface area contributed by atoms with Crippen molar-refractivity contribution in [1.82, 2.24) is 14.5 Å². The zero-order chi connectivity index (χ0) is 20.3. The number of amides is 1. The minimum atomic E-state index is -3.07. The molecule has 6 nitrogen and oxygen atoms in total. The molecule has 3 rings (SSSR count). The second-order valence-electron chi connectivity index (χ2n) is 8.07. The Hall–Kier alpha value is -1.15. The molecule has 1 unspecified atom stereocenters. The highest BCUT2D eigenvalue weighted by atomic mass is 35.5. The summed E-state index contributed by atoms with van der Waals surface area (Å²) in [5.74, 6) is 0.0775. The highest BCUT2D eigenvalue weighted by Gasteiger charge is 2.41. The van der Waals surface area contributed by atoms with Crippen LogP contribution in [-0.2, 0) is 21.4 Å². The second-order valence-corrected chi connectivity index (χ2v) is 10.7. The Morgan fingerprint density at radius 1 is 1.29 bits per heavy atom. The molecule has 0 aromatic heterocycles. The standard InChI is InChI=1S/C20H30ClN3O3S/c1-15(12-20(25)23(2)14-16-4-3-5-17(21)13-16)22-18-8-10-24(11-9-18)28(26,27)19-6-7-19/h3-5,13,15,18-19,22H,6-12,14H2,1-2H3. The molecule has 1 aromatic carbocycles. The van der Waals surface area contributed by atoms with E-state index in [1.807, 2.05) is 31.2 Å². The van der Waals surface area contributed by atoms with E-state index in [0.717, 1.165) is 31.2 Å². The molecule has 1 N–H and O–H groups in total. The van der Waals surface area contributed by atoms with E-state index >= 15 is 0 Å². The first-order valence-corrected chi connectivity index (χ1v) is 11.9. The Labute approximate surface area is 173 Å². The largest absolute Gasteiger partial charge is 0.341 e. The molecule has 1 saturated heterocycles. The Kier molecular flexibility index (Phi) is 7.02. The molecule has 2 fully saturated rings. The van der Waals surface area contributed by atoms with Crippen molar-refractivity contribution in [1.29, 1.82) is 0 Å². The van der Waals surface area contributed by atoms with Gasteiger partial charge in [0.15, 0.2) is 0 Å². The summed E-state index contributed by atoms with van der Waals surface area (Å²) in [7, 11) is -1.27. The molecule has 1 aliphatic heterocycles. The number of piperidine rings is 1. The molecule has 0 spiro atoms. The van der Waals surface area contributed by atoms with Gasteiger partial charge in [0.25, 0.3) is 0 Å². The van der Waals surface area contributed by atoms with Gasteiger partial charge in [0.05, 0.1) is 5.25 Å². The zero-order valence-corrected chi connectivity index (χ0v) is 18.2. The highest BCUT2D eigenvalue weighted by molar-refractivity contribution is 7.90. The summed E-state index contributed by atoms with van der Waals surface area (Å²) in [6, 6.07) is 7.84. The van der Waals surface area contributed by atoms with Crippen LogP contribution in [0.2, 0.25) is 5.02 Å². The highest BCUT2D eigenvalue weighted by Crippen LogP contribution is 2.32. The smallest absolute Gasteiger partial charge is 0.224 e. The number of sulfonamides is 1. The quantitative estimate of drug-likeness (QED) is 0.692. The number of nitrogens with zero attached hydrogens (tertiary/aromatic N) is 2. The number of benzene rings is 1. The molecule has 1 atom stereocenters. The monoisotopic (exact) mass is 427 g/mol. The van der Waals surface area contributed by atoms with Crippen molar-refractivity contribution in [2.45, 2.75) is 62.9 Å². The van der Waals surface area contributed by atoms with Gasteiger partial charge in [-0.05, 0) is 50.3 Å². The summed E-state index contributed by atoms with van der Waals surface area (Å²) in [6.45, 7) is 3.69. The van der Waals surface area contributed by atoms with E-state index < -0.39 is 10.0 Å². The van der Waals surface area contributed by atoms with Crippen molar-refractivity contribution in [2.75, 3.05) is 20.1 Å². The topological polar surface area (TPSA) is 69.7 Å². The first kappa shape index (κ1) is 21.6. The molecular weight excluding hydrogens is 398 g/mol. The molecule has 1 aliphatic carbocycles. The van der Waals surface area contributed by atoms with Crippen LogP contribution in [0.25, 0.3) is 0 Å². The Morgan fingerprint density at radius 2 is 1.96 bits per heavy atom. The number of carbonyl (C=O) groups excluding carboxylic acids is 1. The number of rotatable bonds is 8. The summed E-state index contributed by atoms with van der Waals surface area (Å²) < 4.78 is 26.3. The van der Waals surface area contributed by atoms with Crippen molar-refractivity contribution < 1.29 is 13.2 Å². The van der Waals surface area contributed by atoms with Gasteiger partial charge in [-0.3, -0.25) is 4.79 Å². The van der Waals surface area contributed by atoms with Crippen molar-refractivity contribution in [3.63, 3.8) is 0 Å². The molecule has 156 valence electrons. The van der Waals surface area contributed by atoms with Gasteiger partial charge in [-0.15, -0.1) is 0 Å². The van der Waals surface area contributed by atoms with Gasteiger partial charge in [0, 0.05) is 50.2 Å². The summed E-state index contributed by atoms with van der Waals surface area (Å²) in [5.41, 5.74) is 1.01. The lowest BCUT2D eigenvalue weighted by Gasteiger charge is -2.33. The first-order valence-electron chi connectivity index (χ1n) is 9.99. The van der Waals surface area contributed by atoms with Crippen LogP contribution in [0.5, 0.6) is 0 Å². The Bertz CT molecular complexity index is 790. The lowest BCUT2D eigenvalue weighted by atomic mass is 10.0. The summed E-state index contributed by atoms with van der Waals surface area (Å²) in [4.78, 5) is 14.2. The van der Waals surface area contributed by atoms with Crippen molar-refractivity contribution in [3.8, 4) is 0 Å². The van der Waals surface area contributed by atoms with E-state index in [1.165, 1.54) is 0 Å². The average Bonchev–Trinajstić information content (AvgIpc) is 3.47. The maximum absolute atomic E-state index is 12.5. The van der Waals surface area contributed by atoms with Crippen LogP contribution in [0, 0.1) is 0 Å². The van der Waals surface area contributed by atoms with E-state index in [2.05, 4.69) is 5.32 Å². The Balaban J connectivity index is 1.41. The van der Waals surface area contributed by atoms with E-state index in [9.17, 15) is 13.2 Å². The molecule has 1 heterocycles. The molecule has 1 amide bonds. The third kappa shape index (κ3) is 5.69. The predicted molar refractivity (Wildman–Crippen MR) is 112 cm³/mol. The van der Waals surface area contributed by atoms with Crippen LogP contribution in [0.3, 0.4) is 0 Å². The first-order chi connectivity index (χ1) is 13.3. The fourth-order valence-electron chi connectivity index (χ4n) is 3.73.